The van der Waals surface area contributed by atoms with E-state index in [1.165, 1.54) is 0 Å². The number of esters is 2. The molecule has 0 aliphatic rings. The molecule has 0 fully saturated rings. The van der Waals surface area contributed by atoms with Gasteiger partial charge in [-0.15, -0.1) is 0 Å². The molecule has 0 bridgehead atoms. The molecule has 0 aromatic rings. The highest BCUT2D eigenvalue weighted by Crippen LogP contribution is 2.16. The van der Waals surface area contributed by atoms with E-state index in [2.05, 4.69) is 4.74 Å². The monoisotopic (exact) mass is 312 g/mol. The van der Waals surface area contributed by atoms with E-state index in [4.69, 9.17) is 5.11 Å². The quantitative estimate of drug-likeness (QED) is 0.484. The second kappa shape index (κ2) is 10.8. The van der Waals surface area contributed by atoms with Crippen LogP contribution < -0.4 is 0 Å². The summed E-state index contributed by atoms with van der Waals surface area (Å²) in [4.78, 5) is 32.6. The van der Waals surface area contributed by atoms with Gasteiger partial charge in [0.15, 0.2) is 0 Å². The molecule has 5 nitrogen and oxygen atoms in total. The van der Waals surface area contributed by atoms with E-state index in [9.17, 15) is 14.4 Å². The molecule has 0 spiro atoms. The summed E-state index contributed by atoms with van der Waals surface area (Å²) in [6.45, 7) is 12.2. The second-order valence-corrected chi connectivity index (χ2v) is 5.82. The van der Waals surface area contributed by atoms with Crippen LogP contribution in [0.3, 0.4) is 0 Å². The maximum atomic E-state index is 11.3. The third-order valence-corrected chi connectivity index (χ3v) is 2.48. The molecular weight excluding hydrogens is 284 g/mol. The van der Waals surface area contributed by atoms with Crippen molar-refractivity contribution in [2.75, 3.05) is 0 Å². The summed E-state index contributed by atoms with van der Waals surface area (Å²) in [6.07, 6.45) is 4.96. The number of rotatable bonds is 4. The minimum Gasteiger partial charge on any atom is -0.478 e. The summed E-state index contributed by atoms with van der Waals surface area (Å²) in [6, 6.07) is 0. The van der Waals surface area contributed by atoms with Crippen LogP contribution in [0, 0.1) is 5.41 Å². The molecule has 0 aromatic heterocycles. The Balaban J connectivity index is 0. The lowest BCUT2D eigenvalue weighted by atomic mass is 9.97. The van der Waals surface area contributed by atoms with Crippen LogP contribution in [0.15, 0.2) is 23.3 Å². The number of allylic oxidation sites excluding steroid dienone is 2. The lowest BCUT2D eigenvalue weighted by Gasteiger charge is -2.15. The van der Waals surface area contributed by atoms with E-state index in [0.29, 0.717) is 11.1 Å². The maximum absolute atomic E-state index is 11.3. The van der Waals surface area contributed by atoms with Gasteiger partial charge in [-0.25, -0.2) is 9.59 Å². The summed E-state index contributed by atoms with van der Waals surface area (Å²) in [7, 11) is 0. The van der Waals surface area contributed by atoms with Gasteiger partial charge in [0.2, 0.25) is 0 Å². The van der Waals surface area contributed by atoms with Crippen LogP contribution >= 0.6 is 0 Å². The lowest BCUT2D eigenvalue weighted by Crippen LogP contribution is -2.26. The van der Waals surface area contributed by atoms with E-state index in [1.807, 2.05) is 13.8 Å². The molecule has 0 aliphatic carbocycles. The van der Waals surface area contributed by atoms with E-state index >= 15 is 0 Å². The highest BCUT2D eigenvalue weighted by atomic mass is 16.6. The van der Waals surface area contributed by atoms with Crippen LogP contribution in [0.2, 0.25) is 0 Å². The van der Waals surface area contributed by atoms with Crippen LogP contribution in [0.5, 0.6) is 0 Å². The molecular formula is C17H28O5. The van der Waals surface area contributed by atoms with Gasteiger partial charge >= 0.3 is 17.9 Å². The van der Waals surface area contributed by atoms with Gasteiger partial charge < -0.3 is 9.84 Å². The smallest absolute Gasteiger partial charge is 0.341 e. The normalized spacial score (nSPS) is 12.1. The van der Waals surface area contributed by atoms with E-state index < -0.39 is 23.3 Å². The number of ether oxygens (including phenoxy) is 1. The van der Waals surface area contributed by atoms with Crippen LogP contribution in [0.1, 0.15) is 61.3 Å². The largest absolute Gasteiger partial charge is 0.478 e. The zero-order valence-electron chi connectivity index (χ0n) is 14.6. The Labute approximate surface area is 133 Å². The molecule has 0 radical (unpaired) electrons. The standard InChI is InChI=1S/C11H18O3.C6H10O2/c1-6-7-8(2)9(12)14-10(13)11(3,4)5;1-3-4-5(2)6(7)8/h7H,6H2,1-5H3;4H,3H2,1-2H3,(H,7,8)/b8-7+;5-4+. The number of carboxylic acid groups (broad SMARTS) is 1. The van der Waals surface area contributed by atoms with Crippen LogP contribution in [-0.4, -0.2) is 23.0 Å². The molecule has 0 amide bonds. The van der Waals surface area contributed by atoms with Crippen molar-refractivity contribution in [3.05, 3.63) is 23.3 Å². The molecule has 0 saturated heterocycles. The summed E-state index contributed by atoms with van der Waals surface area (Å²) in [5.41, 5.74) is 0.264. The number of hydrogen-bond acceptors (Lipinski definition) is 4. The van der Waals surface area contributed by atoms with E-state index in [-0.39, 0.29) is 0 Å². The number of carbonyl (C=O) groups excluding carboxylic acids is 2. The minimum atomic E-state index is -0.827. The molecule has 5 heteroatoms. The van der Waals surface area contributed by atoms with Gasteiger partial charge in [0.1, 0.15) is 0 Å². The first-order valence-electron chi connectivity index (χ1n) is 7.30. The molecule has 0 aliphatic heterocycles. The van der Waals surface area contributed by atoms with Gasteiger partial charge in [-0.3, -0.25) is 4.79 Å². The van der Waals surface area contributed by atoms with Gasteiger partial charge in [-0.05, 0) is 47.5 Å². The fourth-order valence-corrected chi connectivity index (χ4v) is 1.10. The first-order valence-corrected chi connectivity index (χ1v) is 7.30. The Bertz CT molecular complexity index is 450. The first kappa shape index (κ1) is 22.4. The predicted molar refractivity (Wildman–Crippen MR) is 86.3 cm³/mol. The third-order valence-electron chi connectivity index (χ3n) is 2.48. The number of aliphatic carboxylic acids is 1. The highest BCUT2D eigenvalue weighted by Gasteiger charge is 2.25. The van der Waals surface area contributed by atoms with Crippen molar-refractivity contribution in [3.8, 4) is 0 Å². The minimum absolute atomic E-state index is 0.424. The van der Waals surface area contributed by atoms with Crippen molar-refractivity contribution in [3.63, 3.8) is 0 Å². The molecule has 0 aromatic carbocycles. The zero-order chi connectivity index (χ0) is 17.9. The number of carbonyl (C=O) groups is 3. The van der Waals surface area contributed by atoms with Gasteiger partial charge in [0.05, 0.1) is 5.41 Å². The van der Waals surface area contributed by atoms with Crippen LogP contribution in [0.4, 0.5) is 0 Å². The molecule has 1 N–H and O–H groups in total. The topological polar surface area (TPSA) is 80.7 Å². The predicted octanol–water partition coefficient (Wildman–Crippen LogP) is 3.89. The van der Waals surface area contributed by atoms with E-state index in [1.54, 1.807) is 46.8 Å². The second-order valence-electron chi connectivity index (χ2n) is 5.82. The Kier molecular flexibility index (Phi) is 10.9. The average molecular weight is 312 g/mol. The van der Waals surface area contributed by atoms with Crippen LogP contribution in [-0.2, 0) is 19.1 Å². The fourth-order valence-electron chi connectivity index (χ4n) is 1.10. The summed E-state index contributed by atoms with van der Waals surface area (Å²) in [5, 5.41) is 8.24. The van der Waals surface area contributed by atoms with E-state index in [0.717, 1.165) is 12.8 Å². The van der Waals surface area contributed by atoms with Crippen molar-refractivity contribution in [2.24, 2.45) is 5.41 Å². The Morgan fingerprint density at radius 3 is 1.64 bits per heavy atom. The SMILES string of the molecule is CC/C=C(\C)C(=O)O.CC/C=C(\C)C(=O)OC(=O)C(C)(C)C. The van der Waals surface area contributed by atoms with Gasteiger partial charge in [-0.2, -0.15) is 0 Å². The molecule has 22 heavy (non-hydrogen) atoms. The van der Waals surface area contributed by atoms with Crippen molar-refractivity contribution in [1.29, 1.82) is 0 Å². The molecule has 0 saturated carbocycles. The lowest BCUT2D eigenvalue weighted by molar-refractivity contribution is -0.163. The Morgan fingerprint density at radius 2 is 1.36 bits per heavy atom. The third kappa shape index (κ3) is 10.8. The number of carboxylic acids is 1. The molecule has 0 rings (SSSR count). The summed E-state index contributed by atoms with van der Waals surface area (Å²) < 4.78 is 4.68. The van der Waals surface area contributed by atoms with Crippen molar-refractivity contribution >= 4 is 17.9 Å². The van der Waals surface area contributed by atoms with Gasteiger partial charge in [0.25, 0.3) is 0 Å². The van der Waals surface area contributed by atoms with Gasteiger partial charge in [0, 0.05) is 11.1 Å². The Morgan fingerprint density at radius 1 is 0.955 bits per heavy atom. The molecule has 0 heterocycles. The first-order chi connectivity index (χ1) is 9.97. The number of hydrogen-bond donors (Lipinski definition) is 1. The fraction of sp³-hybridized carbons (Fsp3) is 0.588. The van der Waals surface area contributed by atoms with Crippen molar-refractivity contribution < 1.29 is 24.2 Å². The van der Waals surface area contributed by atoms with Crippen LogP contribution in [0.25, 0.3) is 0 Å². The Hall–Kier alpha value is -1.91. The maximum Gasteiger partial charge on any atom is 0.341 e. The van der Waals surface area contributed by atoms with Crippen molar-refractivity contribution in [2.45, 2.75) is 61.3 Å². The molecule has 0 atom stereocenters. The van der Waals surface area contributed by atoms with Gasteiger partial charge in [-0.1, -0.05) is 26.0 Å². The average Bonchev–Trinajstić information content (AvgIpc) is 2.38. The molecule has 0 unspecified atom stereocenters. The zero-order valence-corrected chi connectivity index (χ0v) is 14.6. The highest BCUT2D eigenvalue weighted by molar-refractivity contribution is 5.97. The van der Waals surface area contributed by atoms with Crippen molar-refractivity contribution in [1.82, 2.24) is 0 Å². The molecule has 126 valence electrons. The summed E-state index contributed by atoms with van der Waals surface area (Å²) in [5.74, 6) is -1.87. The summed E-state index contributed by atoms with van der Waals surface area (Å²) >= 11 is 0.